The van der Waals surface area contributed by atoms with Crippen molar-refractivity contribution in [3.8, 4) is 0 Å². The standard InChI is InChI=1S/C18H21N3O4S/c19-14-16(23)21-15(18(24)25)13(11-26-17(14)21)4-1-7-20-8-5-12(6-9-20)3-2-10-22/h1,4-6,8-9,14,17,22H,2-3,7,10-11,19H2/p+1/t14-,17-/m1/s1. The number of aryl methyl sites for hydroxylation is 1. The number of aromatic nitrogens is 1. The Morgan fingerprint density at radius 2 is 2.15 bits per heavy atom. The zero-order valence-electron chi connectivity index (χ0n) is 14.2. The molecule has 0 aliphatic carbocycles. The molecule has 1 aromatic heterocycles. The van der Waals surface area contributed by atoms with Gasteiger partial charge >= 0.3 is 5.97 Å². The quantitative estimate of drug-likeness (QED) is 0.458. The number of thioether (sulfide) groups is 1. The van der Waals surface area contributed by atoms with Gasteiger partial charge in [0.2, 0.25) is 5.91 Å². The van der Waals surface area contributed by atoms with Crippen LogP contribution in [0.1, 0.15) is 12.0 Å². The van der Waals surface area contributed by atoms with Crippen LogP contribution in [-0.4, -0.2) is 50.8 Å². The molecule has 1 fully saturated rings. The molecular weight excluding hydrogens is 354 g/mol. The first-order valence-corrected chi connectivity index (χ1v) is 9.50. The molecule has 26 heavy (non-hydrogen) atoms. The number of carboxylic acids is 1. The summed E-state index contributed by atoms with van der Waals surface area (Å²) in [5.41, 5.74) is 7.57. The van der Waals surface area contributed by atoms with Crippen LogP contribution < -0.4 is 10.3 Å². The van der Waals surface area contributed by atoms with Crippen LogP contribution in [0.5, 0.6) is 0 Å². The van der Waals surface area contributed by atoms with Gasteiger partial charge in [-0.25, -0.2) is 9.36 Å². The molecule has 2 atom stereocenters. The van der Waals surface area contributed by atoms with E-state index in [9.17, 15) is 14.7 Å². The number of amides is 1. The minimum atomic E-state index is -1.10. The van der Waals surface area contributed by atoms with Gasteiger partial charge in [0.1, 0.15) is 17.1 Å². The van der Waals surface area contributed by atoms with Crippen molar-refractivity contribution in [2.45, 2.75) is 30.8 Å². The van der Waals surface area contributed by atoms with E-state index in [2.05, 4.69) is 0 Å². The lowest BCUT2D eigenvalue weighted by Crippen LogP contribution is -2.68. The van der Waals surface area contributed by atoms with Crippen molar-refractivity contribution in [2.75, 3.05) is 12.4 Å². The summed E-state index contributed by atoms with van der Waals surface area (Å²) in [6.07, 6.45) is 9.15. The Labute approximate surface area is 155 Å². The van der Waals surface area contributed by atoms with Gasteiger partial charge in [0.15, 0.2) is 18.9 Å². The predicted molar refractivity (Wildman–Crippen MR) is 96.9 cm³/mol. The first-order valence-electron chi connectivity index (χ1n) is 8.45. The molecule has 4 N–H and O–H groups in total. The molecule has 1 aromatic rings. The van der Waals surface area contributed by atoms with Crippen LogP contribution in [0, 0.1) is 0 Å². The van der Waals surface area contributed by atoms with Crippen LogP contribution in [0.15, 0.2) is 47.9 Å². The lowest BCUT2D eigenvalue weighted by Gasteiger charge is -2.47. The number of hydrogen-bond acceptors (Lipinski definition) is 5. The fourth-order valence-electron chi connectivity index (χ4n) is 3.04. The summed E-state index contributed by atoms with van der Waals surface area (Å²) < 4.78 is 1.98. The van der Waals surface area contributed by atoms with E-state index >= 15 is 0 Å². The fourth-order valence-corrected chi connectivity index (χ4v) is 4.31. The number of nitrogens with zero attached hydrogens (tertiary/aromatic N) is 2. The second-order valence-corrected chi connectivity index (χ2v) is 7.35. The highest BCUT2D eigenvalue weighted by Crippen LogP contribution is 2.39. The summed E-state index contributed by atoms with van der Waals surface area (Å²) >= 11 is 1.49. The average molecular weight is 376 g/mol. The normalized spacial score (nSPS) is 22.5. The summed E-state index contributed by atoms with van der Waals surface area (Å²) in [6.45, 7) is 0.778. The lowest BCUT2D eigenvalue weighted by atomic mass is 10.0. The number of fused-ring (bicyclic) bond motifs is 1. The molecule has 0 unspecified atom stereocenters. The summed E-state index contributed by atoms with van der Waals surface area (Å²) in [5, 5.41) is 18.1. The molecule has 0 saturated carbocycles. The van der Waals surface area contributed by atoms with Gasteiger partial charge in [0, 0.05) is 24.5 Å². The Morgan fingerprint density at radius 3 is 2.81 bits per heavy atom. The minimum Gasteiger partial charge on any atom is -0.477 e. The van der Waals surface area contributed by atoms with E-state index in [1.807, 2.05) is 35.2 Å². The van der Waals surface area contributed by atoms with E-state index in [1.54, 1.807) is 6.08 Å². The highest BCUT2D eigenvalue weighted by atomic mass is 32.2. The van der Waals surface area contributed by atoms with Gasteiger partial charge < -0.3 is 15.9 Å². The number of allylic oxidation sites excluding steroid dienone is 2. The Balaban J connectivity index is 1.68. The molecule has 3 heterocycles. The van der Waals surface area contributed by atoms with Crippen LogP contribution in [-0.2, 0) is 22.6 Å². The maximum absolute atomic E-state index is 11.9. The number of β-lactam (4-membered cyclic amide) rings is 1. The molecular formula is C18H22N3O4S+. The lowest BCUT2D eigenvalue weighted by molar-refractivity contribution is -0.687. The summed E-state index contributed by atoms with van der Waals surface area (Å²) in [7, 11) is 0. The highest BCUT2D eigenvalue weighted by Gasteiger charge is 2.51. The monoisotopic (exact) mass is 376 g/mol. The molecule has 0 bridgehead atoms. The van der Waals surface area contributed by atoms with Gasteiger partial charge in [0.25, 0.3) is 0 Å². The third-order valence-corrected chi connectivity index (χ3v) is 5.78. The minimum absolute atomic E-state index is 0.0426. The van der Waals surface area contributed by atoms with E-state index in [0.29, 0.717) is 17.9 Å². The zero-order valence-corrected chi connectivity index (χ0v) is 15.1. The third-order valence-electron chi connectivity index (χ3n) is 4.46. The molecule has 2 aliphatic heterocycles. The van der Waals surface area contributed by atoms with Crippen molar-refractivity contribution in [1.29, 1.82) is 0 Å². The van der Waals surface area contributed by atoms with Crippen molar-refractivity contribution < 1.29 is 24.4 Å². The molecule has 3 rings (SSSR count). The second-order valence-electron chi connectivity index (χ2n) is 6.25. The Kier molecular flexibility index (Phi) is 5.75. The van der Waals surface area contributed by atoms with Gasteiger partial charge in [-0.05, 0) is 30.1 Å². The van der Waals surface area contributed by atoms with E-state index < -0.39 is 12.0 Å². The molecule has 0 radical (unpaired) electrons. The fraction of sp³-hybridized carbons (Fsp3) is 0.389. The molecule has 0 spiro atoms. The molecule has 0 aromatic carbocycles. The number of carboxylic acid groups (broad SMARTS) is 1. The number of carbonyl (C=O) groups is 2. The molecule has 8 heteroatoms. The Hall–Kier alpha value is -2.16. The van der Waals surface area contributed by atoms with Gasteiger partial charge in [-0.15, -0.1) is 11.8 Å². The number of nitrogens with two attached hydrogens (primary N) is 1. The third kappa shape index (κ3) is 3.67. The number of carbonyl (C=O) groups excluding carboxylic acids is 1. The largest absolute Gasteiger partial charge is 0.477 e. The van der Waals surface area contributed by atoms with Crippen molar-refractivity contribution in [2.24, 2.45) is 5.73 Å². The number of rotatable bonds is 7. The molecule has 7 nitrogen and oxygen atoms in total. The molecule has 1 amide bonds. The van der Waals surface area contributed by atoms with E-state index in [-0.39, 0.29) is 23.6 Å². The number of pyridine rings is 1. The van der Waals surface area contributed by atoms with Crippen molar-refractivity contribution >= 4 is 23.6 Å². The molecule has 1 saturated heterocycles. The molecule has 2 aliphatic rings. The maximum Gasteiger partial charge on any atom is 0.352 e. The summed E-state index contributed by atoms with van der Waals surface area (Å²) in [5.74, 6) is -0.917. The first-order chi connectivity index (χ1) is 12.5. The summed E-state index contributed by atoms with van der Waals surface area (Å²) in [4.78, 5) is 24.8. The topological polar surface area (TPSA) is 108 Å². The van der Waals surface area contributed by atoms with Crippen LogP contribution in [0.2, 0.25) is 0 Å². The maximum atomic E-state index is 11.9. The van der Waals surface area contributed by atoms with Gasteiger partial charge in [-0.2, -0.15) is 0 Å². The first kappa shape index (κ1) is 18.6. The van der Waals surface area contributed by atoms with Crippen molar-refractivity contribution in [3.05, 3.63) is 53.5 Å². The summed E-state index contributed by atoms with van der Waals surface area (Å²) in [6, 6.07) is 3.40. The zero-order chi connectivity index (χ0) is 18.7. The van der Waals surface area contributed by atoms with Crippen LogP contribution in [0.25, 0.3) is 0 Å². The number of aliphatic hydroxyl groups excluding tert-OH is 1. The smallest absolute Gasteiger partial charge is 0.352 e. The number of aliphatic carboxylic acids is 1. The highest BCUT2D eigenvalue weighted by molar-refractivity contribution is 8.00. The SMILES string of the molecule is N[C@@H]1C(=O)N2C(C(=O)O)=C(C=CC[n+]3ccc(CCCO)cc3)CS[C@H]12. The number of hydrogen-bond donors (Lipinski definition) is 3. The van der Waals surface area contributed by atoms with Crippen LogP contribution in [0.4, 0.5) is 0 Å². The van der Waals surface area contributed by atoms with E-state index in [4.69, 9.17) is 10.8 Å². The van der Waals surface area contributed by atoms with Gasteiger partial charge in [-0.3, -0.25) is 9.69 Å². The van der Waals surface area contributed by atoms with E-state index in [1.165, 1.54) is 16.7 Å². The van der Waals surface area contributed by atoms with E-state index in [0.717, 1.165) is 18.4 Å². The van der Waals surface area contributed by atoms with Crippen LogP contribution in [0.3, 0.4) is 0 Å². The molecule has 138 valence electrons. The van der Waals surface area contributed by atoms with Gasteiger partial charge in [-0.1, -0.05) is 6.08 Å². The van der Waals surface area contributed by atoms with Crippen molar-refractivity contribution in [1.82, 2.24) is 4.90 Å². The van der Waals surface area contributed by atoms with Crippen LogP contribution >= 0.6 is 11.8 Å². The second kappa shape index (κ2) is 8.03. The number of aliphatic hydroxyl groups is 1. The Bertz CT molecular complexity index is 760. The predicted octanol–water partition coefficient (Wildman–Crippen LogP) is 0.0363. The Morgan fingerprint density at radius 1 is 1.42 bits per heavy atom. The average Bonchev–Trinajstić information content (AvgIpc) is 2.66. The van der Waals surface area contributed by atoms with Crippen molar-refractivity contribution in [3.63, 3.8) is 0 Å². The van der Waals surface area contributed by atoms with Gasteiger partial charge in [0.05, 0.1) is 0 Å².